The molecule has 6 heteroatoms. The molecule has 152 valence electrons. The third-order valence-corrected chi connectivity index (χ3v) is 4.81. The number of allylic oxidation sites excluding steroid dienone is 6. The molecule has 0 unspecified atom stereocenters. The van der Waals surface area contributed by atoms with Gasteiger partial charge in [-0.2, -0.15) is 5.10 Å². The van der Waals surface area contributed by atoms with E-state index in [1.165, 1.54) is 31.4 Å². The predicted molar refractivity (Wildman–Crippen MR) is 116 cm³/mol. The molecular weight excluding hydrogens is 367 g/mol. The minimum Gasteiger partial charge on any atom is -0.430 e. The average molecular weight is 394 g/mol. The summed E-state index contributed by atoms with van der Waals surface area (Å²) in [7, 11) is 1.84. The molecule has 0 N–H and O–H groups in total. The first-order valence-electron chi connectivity index (χ1n) is 9.90. The second-order valence-electron chi connectivity index (χ2n) is 6.97. The van der Waals surface area contributed by atoms with Crippen molar-refractivity contribution in [2.75, 3.05) is 18.0 Å². The highest BCUT2D eigenvalue weighted by atomic mass is 19.1. The second-order valence-corrected chi connectivity index (χ2v) is 6.97. The number of aryl methyl sites for hydroxylation is 1. The molecule has 0 atom stereocenters. The monoisotopic (exact) mass is 394 g/mol. The van der Waals surface area contributed by atoms with Crippen molar-refractivity contribution in [1.29, 1.82) is 0 Å². The van der Waals surface area contributed by atoms with Crippen molar-refractivity contribution < 1.29 is 9.13 Å². The molecule has 1 saturated heterocycles. The molecule has 2 heterocycles. The largest absolute Gasteiger partial charge is 0.430 e. The summed E-state index contributed by atoms with van der Waals surface area (Å²) in [5.41, 5.74) is 4.44. The average Bonchev–Trinajstić information content (AvgIpc) is 3.08. The molecule has 1 fully saturated rings. The lowest BCUT2D eigenvalue weighted by Gasteiger charge is -2.26. The number of nitrogens with zero attached hydrogens (tertiary/aromatic N) is 4. The highest BCUT2D eigenvalue weighted by molar-refractivity contribution is 6.02. The fourth-order valence-electron chi connectivity index (χ4n) is 3.25. The zero-order valence-corrected chi connectivity index (χ0v) is 17.1. The molecule has 0 saturated carbocycles. The summed E-state index contributed by atoms with van der Waals surface area (Å²) in [6, 6.07) is 1.92. The van der Waals surface area contributed by atoms with Crippen molar-refractivity contribution in [3.05, 3.63) is 72.1 Å². The van der Waals surface area contributed by atoms with Gasteiger partial charge in [0.05, 0.1) is 0 Å². The number of aliphatic imine (C=N–C) groups is 1. The summed E-state index contributed by atoms with van der Waals surface area (Å²) in [5.74, 6) is 1.54. The maximum Gasteiger partial charge on any atom is 0.220 e. The number of halogens is 1. The molecule has 2 aliphatic rings. The van der Waals surface area contributed by atoms with Crippen LogP contribution in [0.2, 0.25) is 0 Å². The van der Waals surface area contributed by atoms with Gasteiger partial charge in [0.25, 0.3) is 0 Å². The minimum absolute atomic E-state index is 0.346. The van der Waals surface area contributed by atoms with E-state index in [2.05, 4.69) is 27.3 Å². The van der Waals surface area contributed by atoms with E-state index in [0.717, 1.165) is 30.2 Å². The number of hydrogen-bond acceptors (Lipinski definition) is 4. The lowest BCUT2D eigenvalue weighted by atomic mass is 10.1. The first-order chi connectivity index (χ1) is 14.1. The van der Waals surface area contributed by atoms with Crippen LogP contribution in [0.1, 0.15) is 32.6 Å². The van der Waals surface area contributed by atoms with E-state index in [1.54, 1.807) is 23.0 Å². The molecule has 29 heavy (non-hydrogen) atoms. The van der Waals surface area contributed by atoms with Crippen LogP contribution < -0.4 is 9.64 Å². The highest BCUT2D eigenvalue weighted by Crippen LogP contribution is 2.26. The lowest BCUT2D eigenvalue weighted by molar-refractivity contribution is 0.396. The first kappa shape index (κ1) is 20.6. The van der Waals surface area contributed by atoms with Crippen LogP contribution in [0.3, 0.4) is 0 Å². The molecule has 1 aromatic rings. The van der Waals surface area contributed by atoms with Crippen LogP contribution in [0.4, 0.5) is 10.2 Å². The Labute approximate surface area is 171 Å². The van der Waals surface area contributed by atoms with Crippen LogP contribution in [0.25, 0.3) is 0 Å². The van der Waals surface area contributed by atoms with Gasteiger partial charge < -0.3 is 9.64 Å². The Balaban J connectivity index is 1.91. The number of piperidine rings is 1. The molecule has 1 aliphatic heterocycles. The maximum atomic E-state index is 13.8. The molecule has 5 nitrogen and oxygen atoms in total. The molecule has 1 aromatic heterocycles. The summed E-state index contributed by atoms with van der Waals surface area (Å²) in [6.45, 7) is 7.53. The zero-order chi connectivity index (χ0) is 20.6. The Morgan fingerprint density at radius 2 is 2.10 bits per heavy atom. The summed E-state index contributed by atoms with van der Waals surface area (Å²) >= 11 is 0. The van der Waals surface area contributed by atoms with Crippen molar-refractivity contribution in [3.63, 3.8) is 0 Å². The van der Waals surface area contributed by atoms with E-state index >= 15 is 0 Å². The van der Waals surface area contributed by atoms with E-state index in [1.807, 2.05) is 26.1 Å². The number of hydrogen-bond donors (Lipinski definition) is 0. The topological polar surface area (TPSA) is 42.6 Å². The fraction of sp³-hybridized carbons (Fsp3) is 0.348. The van der Waals surface area contributed by atoms with Crippen molar-refractivity contribution in [2.45, 2.75) is 32.6 Å². The van der Waals surface area contributed by atoms with E-state index in [9.17, 15) is 4.39 Å². The van der Waals surface area contributed by atoms with Crippen molar-refractivity contribution in [3.8, 4) is 5.88 Å². The van der Waals surface area contributed by atoms with E-state index in [-0.39, 0.29) is 5.83 Å². The number of ether oxygens (including phenoxy) is 1. The van der Waals surface area contributed by atoms with Gasteiger partial charge in [-0.15, -0.1) is 0 Å². The van der Waals surface area contributed by atoms with Gasteiger partial charge >= 0.3 is 0 Å². The molecule has 0 bridgehead atoms. The first-order valence-corrected chi connectivity index (χ1v) is 9.90. The Bertz CT molecular complexity index is 936. The normalized spacial score (nSPS) is 21.7. The third kappa shape index (κ3) is 5.46. The second kappa shape index (κ2) is 9.89. The standard InChI is InChI=1S/C23H27FN4O/c1-4-5-14-25-18(2)20-11-9-10-19(24)12-13-21(20)29-23-17-22(26-27(23)3)28-15-7-6-8-16-28/h4-5,10-12,14,17H,1,6-9,15-16H2,2-3H3/b14-5-,19-10+,20-11-,25-18+. The van der Waals surface area contributed by atoms with Crippen molar-refractivity contribution >= 4 is 11.5 Å². The third-order valence-electron chi connectivity index (χ3n) is 4.81. The molecule has 1 aliphatic carbocycles. The number of aromatic nitrogens is 2. The number of rotatable bonds is 6. The van der Waals surface area contributed by atoms with Gasteiger partial charge in [0.15, 0.2) is 11.6 Å². The van der Waals surface area contributed by atoms with Crippen LogP contribution in [0.15, 0.2) is 77.1 Å². The van der Waals surface area contributed by atoms with E-state index < -0.39 is 0 Å². The van der Waals surface area contributed by atoms with Crippen molar-refractivity contribution in [1.82, 2.24) is 9.78 Å². The zero-order valence-electron chi connectivity index (χ0n) is 17.1. The summed E-state index contributed by atoms with van der Waals surface area (Å²) < 4.78 is 21.6. The Kier molecular flexibility index (Phi) is 7.04. The lowest BCUT2D eigenvalue weighted by Crippen LogP contribution is -2.29. The van der Waals surface area contributed by atoms with Gasteiger partial charge in [-0.3, -0.25) is 4.99 Å². The van der Waals surface area contributed by atoms with Gasteiger partial charge in [0.2, 0.25) is 5.88 Å². The highest BCUT2D eigenvalue weighted by Gasteiger charge is 2.19. The quantitative estimate of drug-likeness (QED) is 0.380. The Morgan fingerprint density at radius 1 is 1.31 bits per heavy atom. The van der Waals surface area contributed by atoms with Gasteiger partial charge in [-0.05, 0) is 44.8 Å². The van der Waals surface area contributed by atoms with Gasteiger partial charge in [0.1, 0.15) is 5.83 Å². The molecule has 0 aromatic carbocycles. The van der Waals surface area contributed by atoms with Gasteiger partial charge in [0, 0.05) is 49.8 Å². The Hall–Kier alpha value is -3.11. The molecule has 0 radical (unpaired) electrons. The summed E-state index contributed by atoms with van der Waals surface area (Å²) in [6.07, 6.45) is 13.8. The SMILES string of the molecule is C=C\C=C/N=C(C)/C1=C/C/C=C(/F)C=C=C1Oc1cc(N2CCCCC2)nn1C. The van der Waals surface area contributed by atoms with Crippen LogP contribution in [0.5, 0.6) is 5.88 Å². The van der Waals surface area contributed by atoms with Crippen LogP contribution in [0, 0.1) is 0 Å². The van der Waals surface area contributed by atoms with Crippen LogP contribution in [-0.2, 0) is 7.05 Å². The van der Waals surface area contributed by atoms with E-state index in [4.69, 9.17) is 4.74 Å². The Morgan fingerprint density at radius 3 is 2.86 bits per heavy atom. The number of anilines is 1. The van der Waals surface area contributed by atoms with Crippen molar-refractivity contribution in [2.24, 2.45) is 12.0 Å². The van der Waals surface area contributed by atoms with Gasteiger partial charge in [-0.1, -0.05) is 24.5 Å². The summed E-state index contributed by atoms with van der Waals surface area (Å²) in [4.78, 5) is 6.69. The molecule has 0 spiro atoms. The predicted octanol–water partition coefficient (Wildman–Crippen LogP) is 5.17. The fourth-order valence-corrected chi connectivity index (χ4v) is 3.25. The molecular formula is C23H27FN4O. The molecule has 3 rings (SSSR count). The van der Waals surface area contributed by atoms with Crippen LogP contribution in [-0.4, -0.2) is 28.6 Å². The summed E-state index contributed by atoms with van der Waals surface area (Å²) in [5, 5.41) is 4.60. The van der Waals surface area contributed by atoms with E-state index in [0.29, 0.717) is 18.1 Å². The minimum atomic E-state index is -0.346. The molecule has 0 amide bonds. The van der Waals surface area contributed by atoms with Gasteiger partial charge in [-0.25, -0.2) is 9.07 Å². The smallest absolute Gasteiger partial charge is 0.220 e. The maximum absolute atomic E-state index is 13.8. The van der Waals surface area contributed by atoms with Crippen LogP contribution >= 0.6 is 0 Å².